The zero-order chi connectivity index (χ0) is 21.5. The number of carbonyl (C=O) groups excluding carboxylic acids is 1. The van der Waals surface area contributed by atoms with Gasteiger partial charge in [-0.25, -0.2) is 4.98 Å². The zero-order valence-corrected chi connectivity index (χ0v) is 18.7. The maximum atomic E-state index is 13.0. The van der Waals surface area contributed by atoms with E-state index in [-0.39, 0.29) is 17.4 Å². The van der Waals surface area contributed by atoms with Crippen molar-refractivity contribution in [2.24, 2.45) is 0 Å². The summed E-state index contributed by atoms with van der Waals surface area (Å²) in [5, 5.41) is 0. The second-order valence-electron chi connectivity index (χ2n) is 8.67. The van der Waals surface area contributed by atoms with Crippen LogP contribution in [0.1, 0.15) is 55.1 Å². The molecule has 0 unspecified atom stereocenters. The summed E-state index contributed by atoms with van der Waals surface area (Å²) < 4.78 is 8.32. The molecule has 5 rings (SSSR count). The van der Waals surface area contributed by atoms with Crippen molar-refractivity contribution in [2.45, 2.75) is 63.6 Å². The molecule has 2 saturated heterocycles. The molecular weight excluding hydrogens is 410 g/mol. The average Bonchev–Trinajstić information content (AvgIpc) is 3.27. The van der Waals surface area contributed by atoms with E-state index >= 15 is 0 Å². The minimum atomic E-state index is -0.147. The Labute approximate surface area is 185 Å². The number of aromatic nitrogens is 2. The number of piperidine rings is 1. The van der Waals surface area contributed by atoms with Crippen molar-refractivity contribution in [3.8, 4) is 11.4 Å². The Hall–Kier alpha value is -2.51. The van der Waals surface area contributed by atoms with E-state index in [2.05, 4.69) is 16.9 Å². The summed E-state index contributed by atoms with van der Waals surface area (Å²) in [6.45, 7) is 1.97. The van der Waals surface area contributed by atoms with Crippen molar-refractivity contribution in [3.05, 3.63) is 51.9 Å². The van der Waals surface area contributed by atoms with Crippen molar-refractivity contribution >= 4 is 27.3 Å². The summed E-state index contributed by atoms with van der Waals surface area (Å²) in [6.07, 6.45) is 7.76. The lowest BCUT2D eigenvalue weighted by Crippen LogP contribution is -2.43. The highest BCUT2D eigenvalue weighted by Crippen LogP contribution is 2.36. The third-order valence-corrected chi connectivity index (χ3v) is 7.82. The minimum absolute atomic E-state index is 0.0697. The van der Waals surface area contributed by atoms with E-state index < -0.39 is 0 Å². The van der Waals surface area contributed by atoms with Crippen molar-refractivity contribution < 1.29 is 9.53 Å². The van der Waals surface area contributed by atoms with Crippen LogP contribution in [0, 0.1) is 0 Å². The normalized spacial score (nSPS) is 23.4. The van der Waals surface area contributed by atoms with Gasteiger partial charge in [0.1, 0.15) is 22.9 Å². The summed E-state index contributed by atoms with van der Waals surface area (Å²) in [7, 11) is 2.23. The van der Waals surface area contributed by atoms with E-state index in [1.807, 2.05) is 31.2 Å². The van der Waals surface area contributed by atoms with Gasteiger partial charge in [-0.3, -0.25) is 14.2 Å². The molecular formula is C24H27N3O3S. The van der Waals surface area contributed by atoms with Crippen molar-refractivity contribution in [1.82, 2.24) is 14.5 Å². The van der Waals surface area contributed by atoms with Gasteiger partial charge in [0.05, 0.1) is 16.1 Å². The van der Waals surface area contributed by atoms with Crippen LogP contribution in [0.3, 0.4) is 0 Å². The standard InChI is InChI=1S/C24H27N3O3S/c1-3-4-21(28)22-13-20-23(31-22)24(29)27(14-25-20)15-7-9-18(10-8-15)30-19-11-16-5-6-17(12-19)26(16)2/h7-10,13-14,16-17,19H,3-6,11-12H2,1-2H3/t16-,17+,19+. The van der Waals surface area contributed by atoms with Gasteiger partial charge in [-0.1, -0.05) is 6.92 Å². The number of Topliss-reactive ketones (excluding diaryl/α,β-unsaturated/α-hetero) is 1. The Morgan fingerprint density at radius 3 is 2.58 bits per heavy atom. The fourth-order valence-corrected chi connectivity index (χ4v) is 5.93. The fourth-order valence-electron chi connectivity index (χ4n) is 4.92. The van der Waals surface area contributed by atoms with Gasteiger partial charge in [-0.05, 0) is 69.5 Å². The Morgan fingerprint density at radius 1 is 1.19 bits per heavy atom. The second kappa shape index (κ2) is 8.20. The van der Waals surface area contributed by atoms with Gasteiger partial charge in [0, 0.05) is 18.5 Å². The molecule has 1 aromatic carbocycles. The van der Waals surface area contributed by atoms with Crippen LogP contribution >= 0.6 is 11.3 Å². The number of thiophene rings is 1. The first-order valence-corrected chi connectivity index (χ1v) is 11.9. The zero-order valence-electron chi connectivity index (χ0n) is 17.9. The Bertz CT molecular complexity index is 1150. The molecule has 31 heavy (non-hydrogen) atoms. The lowest BCUT2D eigenvalue weighted by atomic mass is 10.0. The van der Waals surface area contributed by atoms with Crippen LogP contribution in [0.4, 0.5) is 0 Å². The highest BCUT2D eigenvalue weighted by atomic mass is 32.1. The SMILES string of the molecule is CCCC(=O)c1cc2ncn(-c3ccc(O[C@H]4C[C@H]5CC[C@@H](C4)N5C)cc3)c(=O)c2s1. The van der Waals surface area contributed by atoms with E-state index in [1.54, 1.807) is 6.07 Å². The number of carbonyl (C=O) groups is 1. The molecule has 2 aromatic heterocycles. The molecule has 0 N–H and O–H groups in total. The highest BCUT2D eigenvalue weighted by Gasteiger charge is 2.39. The first kappa shape index (κ1) is 20.4. The number of hydrogen-bond donors (Lipinski definition) is 0. The van der Waals surface area contributed by atoms with Crippen LogP contribution in [0.25, 0.3) is 15.9 Å². The van der Waals surface area contributed by atoms with Gasteiger partial charge in [-0.15, -0.1) is 11.3 Å². The van der Waals surface area contributed by atoms with Gasteiger partial charge in [-0.2, -0.15) is 0 Å². The van der Waals surface area contributed by atoms with Crippen LogP contribution in [-0.4, -0.2) is 45.5 Å². The van der Waals surface area contributed by atoms with Gasteiger partial charge < -0.3 is 9.64 Å². The molecule has 0 radical (unpaired) electrons. The van der Waals surface area contributed by atoms with Crippen LogP contribution in [0.2, 0.25) is 0 Å². The number of nitrogens with zero attached hydrogens (tertiary/aromatic N) is 3. The molecule has 0 amide bonds. The third-order valence-electron chi connectivity index (χ3n) is 6.66. The maximum Gasteiger partial charge on any atom is 0.275 e. The monoisotopic (exact) mass is 437 g/mol. The molecule has 7 heteroatoms. The largest absolute Gasteiger partial charge is 0.490 e. The number of fused-ring (bicyclic) bond motifs is 3. The third kappa shape index (κ3) is 3.81. The lowest BCUT2D eigenvalue weighted by Gasteiger charge is -2.36. The van der Waals surface area contributed by atoms with E-state index in [4.69, 9.17) is 4.74 Å². The predicted octanol–water partition coefficient (Wildman–Crippen LogP) is 4.43. The van der Waals surface area contributed by atoms with E-state index in [0.717, 1.165) is 30.7 Å². The molecule has 3 atom stereocenters. The summed E-state index contributed by atoms with van der Waals surface area (Å²) in [6, 6.07) is 10.6. The van der Waals surface area contributed by atoms with Crippen molar-refractivity contribution in [3.63, 3.8) is 0 Å². The quantitative estimate of drug-likeness (QED) is 0.534. The van der Waals surface area contributed by atoms with Crippen LogP contribution in [0.15, 0.2) is 41.5 Å². The molecule has 0 spiro atoms. The van der Waals surface area contributed by atoms with Crippen molar-refractivity contribution in [1.29, 1.82) is 0 Å². The van der Waals surface area contributed by atoms with Gasteiger partial charge in [0.2, 0.25) is 0 Å². The first-order chi connectivity index (χ1) is 15.0. The number of ether oxygens (including phenoxy) is 1. The smallest absolute Gasteiger partial charge is 0.275 e. The minimum Gasteiger partial charge on any atom is -0.490 e. The molecule has 0 saturated carbocycles. The molecule has 2 aliphatic heterocycles. The van der Waals surface area contributed by atoms with E-state index in [1.165, 1.54) is 35.1 Å². The fraction of sp³-hybridized carbons (Fsp3) is 0.458. The van der Waals surface area contributed by atoms with E-state index in [0.29, 0.717) is 33.6 Å². The maximum absolute atomic E-state index is 13.0. The van der Waals surface area contributed by atoms with Crippen LogP contribution in [0.5, 0.6) is 5.75 Å². The number of benzene rings is 1. The summed E-state index contributed by atoms with van der Waals surface area (Å²) in [5.74, 6) is 0.906. The summed E-state index contributed by atoms with van der Waals surface area (Å²) >= 11 is 1.24. The lowest BCUT2D eigenvalue weighted by molar-refractivity contribution is 0.0661. The Kier molecular flexibility index (Phi) is 5.40. The van der Waals surface area contributed by atoms with Gasteiger partial charge in [0.25, 0.3) is 5.56 Å². The number of hydrogen-bond acceptors (Lipinski definition) is 6. The van der Waals surface area contributed by atoms with E-state index in [9.17, 15) is 9.59 Å². The number of rotatable bonds is 6. The summed E-state index contributed by atoms with van der Waals surface area (Å²) in [5.41, 5.74) is 1.18. The molecule has 6 nitrogen and oxygen atoms in total. The average molecular weight is 438 g/mol. The molecule has 2 aliphatic rings. The van der Waals surface area contributed by atoms with Gasteiger partial charge >= 0.3 is 0 Å². The second-order valence-corrected chi connectivity index (χ2v) is 9.73. The molecule has 3 aromatic rings. The topological polar surface area (TPSA) is 64.4 Å². The summed E-state index contributed by atoms with van der Waals surface area (Å²) in [4.78, 5) is 32.7. The first-order valence-electron chi connectivity index (χ1n) is 11.1. The Balaban J connectivity index is 1.35. The van der Waals surface area contributed by atoms with Crippen molar-refractivity contribution in [2.75, 3.05) is 7.05 Å². The molecule has 2 bridgehead atoms. The predicted molar refractivity (Wildman–Crippen MR) is 123 cm³/mol. The van der Waals surface area contributed by atoms with Crippen LogP contribution < -0.4 is 10.3 Å². The van der Waals surface area contributed by atoms with Gasteiger partial charge in [0.15, 0.2) is 5.78 Å². The van der Waals surface area contributed by atoms with Crippen LogP contribution in [-0.2, 0) is 0 Å². The highest BCUT2D eigenvalue weighted by molar-refractivity contribution is 7.20. The Morgan fingerprint density at radius 2 is 1.90 bits per heavy atom. The molecule has 162 valence electrons. The molecule has 0 aliphatic carbocycles. The number of ketones is 1. The molecule has 4 heterocycles. The molecule has 2 fully saturated rings.